The minimum absolute atomic E-state index is 0.114. The molecule has 4 heteroatoms. The zero-order valence-electron chi connectivity index (χ0n) is 10.6. The highest BCUT2D eigenvalue weighted by atomic mass is 16.5. The molecule has 2 aromatic rings. The minimum atomic E-state index is 0.114. The molecule has 0 aliphatic heterocycles. The Kier molecular flexibility index (Phi) is 4.03. The van der Waals surface area contributed by atoms with Gasteiger partial charge in [-0.3, -0.25) is 4.99 Å². The van der Waals surface area contributed by atoms with E-state index >= 15 is 0 Å². The number of aliphatic imine (C=N–C) groups is 1. The van der Waals surface area contributed by atoms with E-state index in [0.717, 1.165) is 11.3 Å². The lowest BCUT2D eigenvalue weighted by Gasteiger charge is -2.05. The van der Waals surface area contributed by atoms with Crippen LogP contribution in [0.5, 0.6) is 17.2 Å². The summed E-state index contributed by atoms with van der Waals surface area (Å²) in [4.78, 5) is 4.28. The molecule has 98 valence electrons. The smallest absolute Gasteiger partial charge is 0.161 e. The first kappa shape index (κ1) is 13.0. The van der Waals surface area contributed by atoms with E-state index in [1.165, 1.54) is 0 Å². The highest BCUT2D eigenvalue weighted by Gasteiger charge is 2.01. The molecule has 2 N–H and O–H groups in total. The molecule has 0 heterocycles. The molecule has 0 saturated carbocycles. The summed E-state index contributed by atoms with van der Waals surface area (Å²) in [7, 11) is 0. The van der Waals surface area contributed by atoms with Gasteiger partial charge >= 0.3 is 0 Å². The Balaban J connectivity index is 2.18. The quantitative estimate of drug-likeness (QED) is 0.826. The molecular formula is C15H15NO3. The summed E-state index contributed by atoms with van der Waals surface area (Å²) in [6.45, 7) is 2.35. The lowest BCUT2D eigenvalue weighted by Crippen LogP contribution is -1.93. The predicted octanol–water partition coefficient (Wildman–Crippen LogP) is 3.25. The third-order valence-electron chi connectivity index (χ3n) is 2.50. The maximum absolute atomic E-state index is 9.58. The van der Waals surface area contributed by atoms with E-state index in [2.05, 4.69) is 4.99 Å². The van der Waals surface area contributed by atoms with Gasteiger partial charge in [0.05, 0.1) is 12.3 Å². The van der Waals surface area contributed by atoms with Crippen molar-refractivity contribution in [3.63, 3.8) is 0 Å². The number of nitrogens with zero attached hydrogens (tertiary/aromatic N) is 1. The molecule has 0 aromatic heterocycles. The van der Waals surface area contributed by atoms with Crippen molar-refractivity contribution in [2.45, 2.75) is 6.92 Å². The number of hydrogen-bond donors (Lipinski definition) is 2. The largest absolute Gasteiger partial charge is 0.508 e. The molecule has 0 bridgehead atoms. The summed E-state index contributed by atoms with van der Waals surface area (Å²) >= 11 is 0. The Hall–Kier alpha value is -2.49. The van der Waals surface area contributed by atoms with Crippen molar-refractivity contribution in [3.8, 4) is 17.2 Å². The first-order valence-corrected chi connectivity index (χ1v) is 5.98. The van der Waals surface area contributed by atoms with Crippen LogP contribution in [0.3, 0.4) is 0 Å². The Morgan fingerprint density at radius 1 is 1.11 bits per heavy atom. The van der Waals surface area contributed by atoms with Crippen LogP contribution in [-0.2, 0) is 0 Å². The van der Waals surface area contributed by atoms with E-state index in [0.29, 0.717) is 12.4 Å². The van der Waals surface area contributed by atoms with Crippen LogP contribution in [0, 0.1) is 0 Å². The zero-order chi connectivity index (χ0) is 13.7. The van der Waals surface area contributed by atoms with Gasteiger partial charge in [0.15, 0.2) is 11.5 Å². The molecule has 0 aliphatic rings. The average molecular weight is 257 g/mol. The van der Waals surface area contributed by atoms with Crippen molar-refractivity contribution in [1.82, 2.24) is 0 Å². The third kappa shape index (κ3) is 3.48. The number of ether oxygens (including phenoxy) is 1. The van der Waals surface area contributed by atoms with E-state index in [-0.39, 0.29) is 11.5 Å². The Labute approximate surface area is 111 Å². The SMILES string of the molecule is CCOc1cc(C=Nc2ccc(O)cc2)ccc1O. The molecule has 2 aromatic carbocycles. The van der Waals surface area contributed by atoms with E-state index in [1.54, 1.807) is 48.7 Å². The van der Waals surface area contributed by atoms with Crippen LogP contribution in [0.25, 0.3) is 0 Å². The third-order valence-corrected chi connectivity index (χ3v) is 2.50. The molecule has 19 heavy (non-hydrogen) atoms. The second kappa shape index (κ2) is 5.91. The van der Waals surface area contributed by atoms with Gasteiger partial charge in [0.25, 0.3) is 0 Å². The molecule has 0 unspecified atom stereocenters. The number of aromatic hydroxyl groups is 2. The van der Waals surface area contributed by atoms with Crippen molar-refractivity contribution in [1.29, 1.82) is 0 Å². The fourth-order valence-electron chi connectivity index (χ4n) is 1.57. The van der Waals surface area contributed by atoms with Gasteiger partial charge in [-0.15, -0.1) is 0 Å². The normalized spacial score (nSPS) is 10.8. The van der Waals surface area contributed by atoms with Crippen LogP contribution >= 0.6 is 0 Å². The van der Waals surface area contributed by atoms with E-state index < -0.39 is 0 Å². The molecule has 0 atom stereocenters. The molecule has 0 amide bonds. The molecule has 4 nitrogen and oxygen atoms in total. The molecule has 0 fully saturated rings. The van der Waals surface area contributed by atoms with Gasteiger partial charge in [0, 0.05) is 6.21 Å². The van der Waals surface area contributed by atoms with Gasteiger partial charge < -0.3 is 14.9 Å². The molecule has 0 radical (unpaired) electrons. The summed E-state index contributed by atoms with van der Waals surface area (Å²) in [5, 5.41) is 18.8. The molecule has 0 saturated heterocycles. The number of phenolic OH excluding ortho intramolecular Hbond substituents is 2. The lowest BCUT2D eigenvalue weighted by atomic mass is 10.2. The van der Waals surface area contributed by atoms with Crippen LogP contribution in [0.4, 0.5) is 5.69 Å². The van der Waals surface area contributed by atoms with Crippen molar-refractivity contribution in [2.24, 2.45) is 4.99 Å². The second-order valence-electron chi connectivity index (χ2n) is 3.93. The average Bonchev–Trinajstić information content (AvgIpc) is 2.42. The number of phenols is 2. The van der Waals surface area contributed by atoms with Crippen molar-refractivity contribution >= 4 is 11.9 Å². The van der Waals surface area contributed by atoms with Crippen molar-refractivity contribution in [3.05, 3.63) is 48.0 Å². The van der Waals surface area contributed by atoms with E-state index in [1.807, 2.05) is 6.92 Å². The first-order chi connectivity index (χ1) is 9.19. The maximum Gasteiger partial charge on any atom is 0.161 e. The fraction of sp³-hybridized carbons (Fsp3) is 0.133. The first-order valence-electron chi connectivity index (χ1n) is 5.98. The molecule has 2 rings (SSSR count). The monoisotopic (exact) mass is 257 g/mol. The Morgan fingerprint density at radius 2 is 1.84 bits per heavy atom. The summed E-state index contributed by atoms with van der Waals surface area (Å²) in [6, 6.07) is 11.6. The van der Waals surface area contributed by atoms with Gasteiger partial charge in [-0.25, -0.2) is 0 Å². The van der Waals surface area contributed by atoms with Gasteiger partial charge in [-0.2, -0.15) is 0 Å². The standard InChI is InChI=1S/C15H15NO3/c1-2-19-15-9-11(3-8-14(15)18)10-16-12-4-6-13(17)7-5-12/h3-10,17-18H,2H2,1H3. The van der Waals surface area contributed by atoms with Crippen molar-refractivity contribution in [2.75, 3.05) is 6.61 Å². The van der Waals surface area contributed by atoms with Gasteiger partial charge in [0.1, 0.15) is 5.75 Å². The highest BCUT2D eigenvalue weighted by molar-refractivity contribution is 5.83. The van der Waals surface area contributed by atoms with Crippen LogP contribution in [0.2, 0.25) is 0 Å². The van der Waals surface area contributed by atoms with Gasteiger partial charge in [-0.05, 0) is 55.0 Å². The van der Waals surface area contributed by atoms with Gasteiger partial charge in [0.2, 0.25) is 0 Å². The van der Waals surface area contributed by atoms with Crippen molar-refractivity contribution < 1.29 is 14.9 Å². The number of hydrogen-bond acceptors (Lipinski definition) is 4. The number of rotatable bonds is 4. The van der Waals surface area contributed by atoms with Crippen LogP contribution in [0.1, 0.15) is 12.5 Å². The van der Waals surface area contributed by atoms with Gasteiger partial charge in [-0.1, -0.05) is 0 Å². The van der Waals surface area contributed by atoms with Crippen LogP contribution in [-0.4, -0.2) is 23.0 Å². The summed E-state index contributed by atoms with van der Waals surface area (Å²) in [6.07, 6.45) is 1.67. The van der Waals surface area contributed by atoms with Crippen LogP contribution in [0.15, 0.2) is 47.5 Å². The lowest BCUT2D eigenvalue weighted by molar-refractivity contribution is 0.318. The zero-order valence-corrected chi connectivity index (χ0v) is 10.6. The molecule has 0 spiro atoms. The van der Waals surface area contributed by atoms with E-state index in [4.69, 9.17) is 4.74 Å². The summed E-state index contributed by atoms with van der Waals surface area (Å²) in [5.41, 5.74) is 1.57. The minimum Gasteiger partial charge on any atom is -0.508 e. The topological polar surface area (TPSA) is 62.0 Å². The van der Waals surface area contributed by atoms with E-state index in [9.17, 15) is 10.2 Å². The number of benzene rings is 2. The highest BCUT2D eigenvalue weighted by Crippen LogP contribution is 2.26. The summed E-state index contributed by atoms with van der Waals surface area (Å²) in [5.74, 6) is 0.767. The Bertz CT molecular complexity index is 576. The molecular weight excluding hydrogens is 242 g/mol. The Morgan fingerprint density at radius 3 is 2.53 bits per heavy atom. The van der Waals surface area contributed by atoms with Crippen LogP contribution < -0.4 is 4.74 Å². The predicted molar refractivity (Wildman–Crippen MR) is 74.6 cm³/mol. The summed E-state index contributed by atoms with van der Waals surface area (Å²) < 4.78 is 5.30. The molecule has 0 aliphatic carbocycles. The maximum atomic E-state index is 9.58. The fourth-order valence-corrected chi connectivity index (χ4v) is 1.57. The second-order valence-corrected chi connectivity index (χ2v) is 3.93.